The highest BCUT2D eigenvalue weighted by Gasteiger charge is 2.30. The highest BCUT2D eigenvalue weighted by atomic mass is 16.5. The molecule has 1 aromatic rings. The number of carbonyl (C=O) groups excluding carboxylic acids is 2. The lowest BCUT2D eigenvalue weighted by molar-refractivity contribution is -0.126. The molecule has 1 N–H and O–H groups in total. The van der Waals surface area contributed by atoms with Crippen LogP contribution in [0.25, 0.3) is 0 Å². The zero-order chi connectivity index (χ0) is 16.3. The number of amides is 2. The van der Waals surface area contributed by atoms with Crippen LogP contribution in [0.1, 0.15) is 62.7 Å². The van der Waals surface area contributed by atoms with Gasteiger partial charge in [0.2, 0.25) is 5.91 Å². The summed E-state index contributed by atoms with van der Waals surface area (Å²) in [6.07, 6.45) is 1.65. The third kappa shape index (κ3) is 3.87. The molecule has 0 aromatic carbocycles. The normalized spacial score (nSPS) is 18.8. The smallest absolute Gasteiger partial charge is 0.276 e. The van der Waals surface area contributed by atoms with Crippen LogP contribution in [-0.2, 0) is 4.79 Å². The molecular weight excluding hydrogens is 282 g/mol. The van der Waals surface area contributed by atoms with Crippen LogP contribution in [0.15, 0.2) is 10.6 Å². The molecule has 2 rings (SSSR count). The second-order valence-electron chi connectivity index (χ2n) is 6.52. The van der Waals surface area contributed by atoms with E-state index in [-0.39, 0.29) is 29.7 Å². The van der Waals surface area contributed by atoms with Gasteiger partial charge in [0.05, 0.1) is 5.92 Å². The van der Waals surface area contributed by atoms with Gasteiger partial charge in [-0.2, -0.15) is 0 Å². The lowest BCUT2D eigenvalue weighted by Gasteiger charge is -2.31. The van der Waals surface area contributed by atoms with Gasteiger partial charge in [-0.25, -0.2) is 0 Å². The number of nitrogens with one attached hydrogen (secondary N) is 1. The Balaban J connectivity index is 2.01. The monoisotopic (exact) mass is 307 g/mol. The molecule has 2 heterocycles. The van der Waals surface area contributed by atoms with Crippen molar-refractivity contribution in [3.63, 3.8) is 0 Å². The first-order valence-corrected chi connectivity index (χ1v) is 7.94. The Bertz CT molecular complexity index is 536. The van der Waals surface area contributed by atoms with Gasteiger partial charge >= 0.3 is 0 Å². The number of piperidine rings is 1. The Morgan fingerprint density at radius 3 is 2.68 bits per heavy atom. The molecule has 1 unspecified atom stereocenters. The molecule has 2 amide bonds. The average molecular weight is 307 g/mol. The Morgan fingerprint density at radius 1 is 1.36 bits per heavy atom. The molecular formula is C16H25N3O3. The van der Waals surface area contributed by atoms with E-state index in [2.05, 4.69) is 10.5 Å². The van der Waals surface area contributed by atoms with E-state index in [1.165, 1.54) is 0 Å². The molecule has 0 bridgehead atoms. The van der Waals surface area contributed by atoms with Crippen LogP contribution >= 0.6 is 0 Å². The minimum atomic E-state index is -0.155. The van der Waals surface area contributed by atoms with Gasteiger partial charge in [0.15, 0.2) is 5.69 Å². The van der Waals surface area contributed by atoms with Crippen molar-refractivity contribution in [1.29, 1.82) is 0 Å². The number of likely N-dealkylation sites (tertiary alicyclic amines) is 1. The lowest BCUT2D eigenvalue weighted by atomic mass is 9.96. The molecule has 0 radical (unpaired) electrons. The van der Waals surface area contributed by atoms with E-state index in [0.717, 1.165) is 12.8 Å². The molecule has 0 saturated carbocycles. The minimum Gasteiger partial charge on any atom is -0.360 e. The average Bonchev–Trinajstić information content (AvgIpc) is 2.96. The second kappa shape index (κ2) is 6.94. The van der Waals surface area contributed by atoms with Gasteiger partial charge in [0.1, 0.15) is 5.76 Å². The van der Waals surface area contributed by atoms with Crippen LogP contribution in [0, 0.1) is 5.92 Å². The van der Waals surface area contributed by atoms with Gasteiger partial charge in [0.25, 0.3) is 5.91 Å². The molecule has 1 fully saturated rings. The number of aromatic nitrogens is 1. The van der Waals surface area contributed by atoms with E-state index in [9.17, 15) is 9.59 Å². The van der Waals surface area contributed by atoms with Gasteiger partial charge in [0, 0.05) is 31.1 Å². The van der Waals surface area contributed by atoms with Gasteiger partial charge < -0.3 is 14.7 Å². The van der Waals surface area contributed by atoms with Gasteiger partial charge in [-0.1, -0.05) is 19.0 Å². The molecule has 0 spiro atoms. The van der Waals surface area contributed by atoms with Gasteiger partial charge in [-0.15, -0.1) is 0 Å². The highest BCUT2D eigenvalue weighted by Crippen LogP contribution is 2.21. The maximum atomic E-state index is 12.5. The molecule has 122 valence electrons. The molecule has 0 aliphatic carbocycles. The van der Waals surface area contributed by atoms with Crippen molar-refractivity contribution in [3.8, 4) is 0 Å². The SMILES string of the molecule is CC(C)NC(=O)C1CCCN(C(=O)c2cc(C(C)C)on2)C1. The number of hydrogen-bond donors (Lipinski definition) is 1. The summed E-state index contributed by atoms with van der Waals surface area (Å²) < 4.78 is 5.19. The predicted octanol–water partition coefficient (Wildman–Crippen LogP) is 2.17. The summed E-state index contributed by atoms with van der Waals surface area (Å²) >= 11 is 0. The maximum absolute atomic E-state index is 12.5. The first kappa shape index (κ1) is 16.5. The lowest BCUT2D eigenvalue weighted by Crippen LogP contribution is -2.46. The molecule has 6 heteroatoms. The molecule has 6 nitrogen and oxygen atoms in total. The van der Waals surface area contributed by atoms with Crippen LogP contribution in [0.5, 0.6) is 0 Å². The van der Waals surface area contributed by atoms with Crippen molar-refractivity contribution in [2.75, 3.05) is 13.1 Å². The van der Waals surface area contributed by atoms with Crippen molar-refractivity contribution in [2.45, 2.75) is 52.5 Å². The van der Waals surface area contributed by atoms with Crippen molar-refractivity contribution >= 4 is 11.8 Å². The van der Waals surface area contributed by atoms with Crippen molar-refractivity contribution in [2.24, 2.45) is 5.92 Å². The number of hydrogen-bond acceptors (Lipinski definition) is 4. The summed E-state index contributed by atoms with van der Waals surface area (Å²) in [6.45, 7) is 8.96. The van der Waals surface area contributed by atoms with Crippen LogP contribution in [-0.4, -0.2) is 41.0 Å². The minimum absolute atomic E-state index is 0.0236. The van der Waals surface area contributed by atoms with Crippen LogP contribution in [0.3, 0.4) is 0 Å². The summed E-state index contributed by atoms with van der Waals surface area (Å²) in [4.78, 5) is 26.3. The van der Waals surface area contributed by atoms with Crippen molar-refractivity contribution in [3.05, 3.63) is 17.5 Å². The Morgan fingerprint density at radius 2 is 2.09 bits per heavy atom. The molecule has 1 aliphatic heterocycles. The second-order valence-corrected chi connectivity index (χ2v) is 6.52. The fourth-order valence-corrected chi connectivity index (χ4v) is 2.60. The van der Waals surface area contributed by atoms with E-state index in [0.29, 0.717) is 24.5 Å². The molecule has 1 aliphatic rings. The third-order valence-electron chi connectivity index (χ3n) is 3.83. The van der Waals surface area contributed by atoms with Gasteiger partial charge in [-0.05, 0) is 26.7 Å². The standard InChI is InChI=1S/C16H25N3O3/c1-10(2)14-8-13(18-22-14)16(21)19-7-5-6-12(9-19)15(20)17-11(3)4/h8,10-12H,5-7,9H2,1-4H3,(H,17,20). The highest BCUT2D eigenvalue weighted by molar-refractivity contribution is 5.93. The van der Waals surface area contributed by atoms with E-state index >= 15 is 0 Å². The van der Waals surface area contributed by atoms with E-state index in [1.54, 1.807) is 11.0 Å². The predicted molar refractivity (Wildman–Crippen MR) is 82.5 cm³/mol. The molecule has 1 atom stereocenters. The first-order valence-electron chi connectivity index (χ1n) is 7.94. The number of rotatable bonds is 4. The summed E-state index contributed by atoms with van der Waals surface area (Å²) in [5.74, 6) is 0.624. The first-order chi connectivity index (χ1) is 10.4. The Labute approximate surface area is 131 Å². The van der Waals surface area contributed by atoms with Crippen LogP contribution in [0.2, 0.25) is 0 Å². The zero-order valence-corrected chi connectivity index (χ0v) is 13.8. The fraction of sp³-hybridized carbons (Fsp3) is 0.688. The third-order valence-corrected chi connectivity index (χ3v) is 3.83. The topological polar surface area (TPSA) is 75.4 Å². The van der Waals surface area contributed by atoms with E-state index < -0.39 is 0 Å². The summed E-state index contributed by atoms with van der Waals surface area (Å²) in [5.41, 5.74) is 0.327. The Hall–Kier alpha value is -1.85. The summed E-state index contributed by atoms with van der Waals surface area (Å²) in [6, 6.07) is 1.81. The van der Waals surface area contributed by atoms with Crippen LogP contribution < -0.4 is 5.32 Å². The van der Waals surface area contributed by atoms with E-state index in [1.807, 2.05) is 27.7 Å². The molecule has 22 heavy (non-hydrogen) atoms. The molecule has 1 saturated heterocycles. The number of carbonyl (C=O) groups is 2. The largest absolute Gasteiger partial charge is 0.360 e. The van der Waals surface area contributed by atoms with Crippen molar-refractivity contribution in [1.82, 2.24) is 15.4 Å². The summed E-state index contributed by atoms with van der Waals surface area (Å²) in [5, 5.41) is 6.78. The quantitative estimate of drug-likeness (QED) is 0.925. The number of nitrogens with zero attached hydrogens (tertiary/aromatic N) is 2. The van der Waals surface area contributed by atoms with Crippen molar-refractivity contribution < 1.29 is 14.1 Å². The van der Waals surface area contributed by atoms with Gasteiger partial charge in [-0.3, -0.25) is 9.59 Å². The zero-order valence-electron chi connectivity index (χ0n) is 13.8. The maximum Gasteiger partial charge on any atom is 0.276 e. The Kier molecular flexibility index (Phi) is 5.21. The molecule has 1 aromatic heterocycles. The van der Waals surface area contributed by atoms with Crippen LogP contribution in [0.4, 0.5) is 0 Å². The summed E-state index contributed by atoms with van der Waals surface area (Å²) in [7, 11) is 0. The van der Waals surface area contributed by atoms with E-state index in [4.69, 9.17) is 4.52 Å². The fourth-order valence-electron chi connectivity index (χ4n) is 2.60.